The molecule has 0 spiro atoms. The zero-order chi connectivity index (χ0) is 12.6. The van der Waals surface area contributed by atoms with E-state index in [-0.39, 0.29) is 24.0 Å². The van der Waals surface area contributed by atoms with Gasteiger partial charge in [0, 0.05) is 13.3 Å². The highest BCUT2D eigenvalue weighted by atomic mass is 16.6. The third-order valence-corrected chi connectivity index (χ3v) is 2.76. The van der Waals surface area contributed by atoms with E-state index in [1.807, 2.05) is 0 Å². The lowest BCUT2D eigenvalue weighted by atomic mass is 9.86. The summed E-state index contributed by atoms with van der Waals surface area (Å²) < 4.78 is 10.3. The Balaban J connectivity index is 2.08. The van der Waals surface area contributed by atoms with Gasteiger partial charge >= 0.3 is 5.97 Å². The van der Waals surface area contributed by atoms with Crippen molar-refractivity contribution in [2.75, 3.05) is 0 Å². The smallest absolute Gasteiger partial charge is 0.302 e. The van der Waals surface area contributed by atoms with E-state index in [0.717, 1.165) is 0 Å². The number of ketones is 1. The lowest BCUT2D eigenvalue weighted by Crippen LogP contribution is -2.37. The molecule has 0 aromatic heterocycles. The van der Waals surface area contributed by atoms with Crippen molar-refractivity contribution >= 4 is 11.8 Å². The molecular formula is C13H14O4. The lowest BCUT2D eigenvalue weighted by Gasteiger charge is -2.21. The molecule has 17 heavy (non-hydrogen) atoms. The Bertz CT molecular complexity index is 440. The zero-order valence-corrected chi connectivity index (χ0v) is 9.86. The molecule has 0 N–H and O–H groups in total. The molecule has 1 aliphatic carbocycles. The molecule has 90 valence electrons. The third-order valence-electron chi connectivity index (χ3n) is 2.76. The lowest BCUT2D eigenvalue weighted by molar-refractivity contribution is -0.149. The van der Waals surface area contributed by atoms with E-state index in [1.165, 1.54) is 6.92 Å². The average Bonchev–Trinajstić information content (AvgIpc) is 2.99. The van der Waals surface area contributed by atoms with Crippen LogP contribution in [0.1, 0.15) is 20.3 Å². The minimum atomic E-state index is -0.433. The van der Waals surface area contributed by atoms with Gasteiger partial charge in [-0.15, -0.1) is 0 Å². The van der Waals surface area contributed by atoms with Crippen LogP contribution >= 0.6 is 0 Å². The molecule has 1 saturated carbocycles. The predicted molar refractivity (Wildman–Crippen MR) is 59.9 cm³/mol. The van der Waals surface area contributed by atoms with Crippen molar-refractivity contribution in [1.82, 2.24) is 0 Å². The molecular weight excluding hydrogens is 220 g/mol. The van der Waals surface area contributed by atoms with Crippen LogP contribution in [0.4, 0.5) is 0 Å². The first kappa shape index (κ1) is 11.9. The molecule has 0 bridgehead atoms. The Hall–Kier alpha value is -1.60. The predicted octanol–water partition coefficient (Wildman–Crippen LogP) is 0.854. The SMILES string of the molecule is C=C(C)C#CC1C[C@@H](OC(C)=O)[C@@H]2O[C@@H]2C1=O. The van der Waals surface area contributed by atoms with E-state index >= 15 is 0 Å². The first-order valence-electron chi connectivity index (χ1n) is 5.52. The molecule has 4 atom stereocenters. The van der Waals surface area contributed by atoms with Gasteiger partial charge in [0.2, 0.25) is 0 Å². The number of carbonyl (C=O) groups excluding carboxylic acids is 2. The fraction of sp³-hybridized carbons (Fsp3) is 0.538. The van der Waals surface area contributed by atoms with Gasteiger partial charge in [0.25, 0.3) is 0 Å². The topological polar surface area (TPSA) is 55.9 Å². The van der Waals surface area contributed by atoms with Gasteiger partial charge in [-0.25, -0.2) is 0 Å². The van der Waals surface area contributed by atoms with Crippen LogP contribution in [0.3, 0.4) is 0 Å². The minimum Gasteiger partial charge on any atom is -0.460 e. The number of fused-ring (bicyclic) bond motifs is 1. The van der Waals surface area contributed by atoms with Gasteiger partial charge < -0.3 is 9.47 Å². The molecule has 1 unspecified atom stereocenters. The number of rotatable bonds is 1. The molecule has 1 aliphatic heterocycles. The Kier molecular flexibility index (Phi) is 3.03. The van der Waals surface area contributed by atoms with Gasteiger partial charge in [-0.3, -0.25) is 9.59 Å². The van der Waals surface area contributed by atoms with Crippen molar-refractivity contribution in [2.45, 2.75) is 38.6 Å². The highest BCUT2D eigenvalue weighted by Gasteiger charge is 2.57. The van der Waals surface area contributed by atoms with Crippen LogP contribution < -0.4 is 0 Å². The molecule has 0 aromatic rings. The monoisotopic (exact) mass is 234 g/mol. The maximum atomic E-state index is 11.8. The van der Waals surface area contributed by atoms with E-state index in [4.69, 9.17) is 9.47 Å². The summed E-state index contributed by atoms with van der Waals surface area (Å²) in [6.07, 6.45) is -0.619. The van der Waals surface area contributed by atoms with Crippen molar-refractivity contribution in [3.63, 3.8) is 0 Å². The number of epoxide rings is 1. The number of hydrogen-bond acceptors (Lipinski definition) is 4. The molecule has 0 radical (unpaired) electrons. The summed E-state index contributed by atoms with van der Waals surface area (Å²) >= 11 is 0. The molecule has 2 aliphatic rings. The van der Waals surface area contributed by atoms with Crippen LogP contribution in [-0.2, 0) is 19.1 Å². The summed E-state index contributed by atoms with van der Waals surface area (Å²) in [6.45, 7) is 6.79. The summed E-state index contributed by atoms with van der Waals surface area (Å²) in [5.74, 6) is 4.88. The summed E-state index contributed by atoms with van der Waals surface area (Å²) in [7, 11) is 0. The van der Waals surface area contributed by atoms with E-state index < -0.39 is 12.0 Å². The van der Waals surface area contributed by atoms with Crippen LogP contribution in [-0.4, -0.2) is 30.1 Å². The number of esters is 1. The Morgan fingerprint density at radius 2 is 2.24 bits per heavy atom. The van der Waals surface area contributed by atoms with Crippen molar-refractivity contribution in [3.8, 4) is 11.8 Å². The van der Waals surface area contributed by atoms with Crippen LogP contribution in [0.25, 0.3) is 0 Å². The first-order valence-corrected chi connectivity index (χ1v) is 5.52. The van der Waals surface area contributed by atoms with Crippen molar-refractivity contribution in [1.29, 1.82) is 0 Å². The standard InChI is InChI=1S/C13H14O4/c1-7(2)4-5-9-6-10(16-8(3)14)12-13(17-12)11(9)15/h9-10,12-13H,1,6H2,2-3H3/t9?,10-,12+,13-/m1/s1. The number of ether oxygens (including phenoxy) is 2. The molecule has 4 heteroatoms. The summed E-state index contributed by atoms with van der Waals surface area (Å²) in [6, 6.07) is 0. The molecule has 2 fully saturated rings. The second-order valence-corrected chi connectivity index (χ2v) is 4.41. The van der Waals surface area contributed by atoms with Gasteiger partial charge in [0.1, 0.15) is 18.3 Å². The first-order chi connectivity index (χ1) is 7.99. The van der Waals surface area contributed by atoms with E-state index in [2.05, 4.69) is 18.4 Å². The maximum Gasteiger partial charge on any atom is 0.302 e. The number of hydrogen-bond donors (Lipinski definition) is 0. The van der Waals surface area contributed by atoms with Crippen LogP contribution in [0.5, 0.6) is 0 Å². The summed E-state index contributed by atoms with van der Waals surface area (Å²) in [5.41, 5.74) is 0.709. The number of carbonyl (C=O) groups is 2. The van der Waals surface area contributed by atoms with Crippen LogP contribution in [0.2, 0.25) is 0 Å². The highest BCUT2D eigenvalue weighted by molar-refractivity contribution is 5.91. The molecule has 0 aromatic carbocycles. The Morgan fingerprint density at radius 1 is 1.53 bits per heavy atom. The number of Topliss-reactive ketones (excluding diaryl/α,β-unsaturated/α-hetero) is 1. The van der Waals surface area contributed by atoms with Crippen LogP contribution in [0.15, 0.2) is 12.2 Å². The molecule has 1 heterocycles. The molecule has 1 saturated heterocycles. The zero-order valence-electron chi connectivity index (χ0n) is 9.86. The van der Waals surface area contributed by atoms with E-state index in [9.17, 15) is 9.59 Å². The van der Waals surface area contributed by atoms with Gasteiger partial charge in [0.05, 0.1) is 5.92 Å². The van der Waals surface area contributed by atoms with E-state index in [1.54, 1.807) is 6.92 Å². The second-order valence-electron chi connectivity index (χ2n) is 4.41. The fourth-order valence-corrected chi connectivity index (χ4v) is 1.99. The van der Waals surface area contributed by atoms with Gasteiger partial charge in [-0.05, 0) is 12.5 Å². The normalized spacial score (nSPS) is 34.1. The van der Waals surface area contributed by atoms with Crippen molar-refractivity contribution < 1.29 is 19.1 Å². The van der Waals surface area contributed by atoms with E-state index in [0.29, 0.717) is 12.0 Å². The average molecular weight is 234 g/mol. The molecule has 0 amide bonds. The Labute approximate surface area is 100.0 Å². The fourth-order valence-electron chi connectivity index (χ4n) is 1.99. The number of allylic oxidation sites excluding steroid dienone is 1. The molecule has 4 nitrogen and oxygen atoms in total. The summed E-state index contributed by atoms with van der Waals surface area (Å²) in [4.78, 5) is 22.7. The minimum absolute atomic E-state index is 0.00727. The van der Waals surface area contributed by atoms with Crippen LogP contribution in [0, 0.1) is 17.8 Å². The maximum absolute atomic E-state index is 11.8. The van der Waals surface area contributed by atoms with Crippen molar-refractivity contribution in [2.24, 2.45) is 5.92 Å². The largest absolute Gasteiger partial charge is 0.460 e. The van der Waals surface area contributed by atoms with Gasteiger partial charge in [-0.1, -0.05) is 18.4 Å². The molecule has 2 rings (SSSR count). The quantitative estimate of drug-likeness (QED) is 0.383. The van der Waals surface area contributed by atoms with Gasteiger partial charge in [-0.2, -0.15) is 0 Å². The second kappa shape index (κ2) is 4.34. The third kappa shape index (κ3) is 2.56. The summed E-state index contributed by atoms with van der Waals surface area (Å²) in [5, 5.41) is 0. The van der Waals surface area contributed by atoms with Gasteiger partial charge in [0.15, 0.2) is 5.78 Å². The Morgan fingerprint density at radius 3 is 2.82 bits per heavy atom. The highest BCUT2D eigenvalue weighted by Crippen LogP contribution is 2.38. The van der Waals surface area contributed by atoms with Crippen molar-refractivity contribution in [3.05, 3.63) is 12.2 Å².